The molecule has 2 rings (SSSR count). The number of nitrogens with one attached hydrogen (secondary N) is 1. The highest BCUT2D eigenvalue weighted by Crippen LogP contribution is 2.31. The minimum absolute atomic E-state index is 0.313. The first kappa shape index (κ1) is 9.99. The molecule has 2 nitrogen and oxygen atoms in total. The van der Waals surface area contributed by atoms with Gasteiger partial charge in [0, 0.05) is 12.6 Å². The van der Waals surface area contributed by atoms with Crippen LogP contribution >= 0.6 is 15.9 Å². The fraction of sp³-hybridized carbons (Fsp3) is 0.455. The average Bonchev–Trinajstić information content (AvgIpc) is 2.57. The monoisotopic (exact) mass is 255 g/mol. The molecule has 1 saturated heterocycles. The minimum atomic E-state index is 0.313. The molecule has 14 heavy (non-hydrogen) atoms. The van der Waals surface area contributed by atoms with Gasteiger partial charge in [-0.1, -0.05) is 6.07 Å². The van der Waals surface area contributed by atoms with E-state index >= 15 is 0 Å². The molecule has 76 valence electrons. The third-order valence-corrected chi connectivity index (χ3v) is 3.43. The molecule has 0 aromatic heterocycles. The molecule has 0 amide bonds. The molecule has 3 heteroatoms. The summed E-state index contributed by atoms with van der Waals surface area (Å²) < 4.78 is 0.787. The van der Waals surface area contributed by atoms with Crippen LogP contribution in [0.2, 0.25) is 0 Å². The number of hydrogen-bond acceptors (Lipinski definition) is 2. The van der Waals surface area contributed by atoms with Crippen molar-refractivity contribution in [3.63, 3.8) is 0 Å². The van der Waals surface area contributed by atoms with Crippen LogP contribution in [-0.2, 0) is 0 Å². The van der Waals surface area contributed by atoms with Crippen molar-refractivity contribution in [3.05, 3.63) is 28.2 Å². The largest absolute Gasteiger partial charge is 0.507 e. The number of aromatic hydroxyl groups is 1. The van der Waals surface area contributed by atoms with E-state index in [1.807, 2.05) is 12.1 Å². The minimum Gasteiger partial charge on any atom is -0.507 e. The Kier molecular flexibility index (Phi) is 2.79. The number of benzene rings is 1. The van der Waals surface area contributed by atoms with E-state index in [2.05, 4.69) is 28.2 Å². The summed E-state index contributed by atoms with van der Waals surface area (Å²) in [6.45, 7) is 3.24. The Morgan fingerprint density at radius 2 is 2.29 bits per heavy atom. The van der Waals surface area contributed by atoms with Gasteiger partial charge >= 0.3 is 0 Å². The van der Waals surface area contributed by atoms with Crippen LogP contribution in [0.4, 0.5) is 0 Å². The molecular formula is C11H14BrNO. The van der Waals surface area contributed by atoms with Gasteiger partial charge in [-0.3, -0.25) is 0 Å². The first-order valence-electron chi connectivity index (χ1n) is 4.88. The van der Waals surface area contributed by atoms with Gasteiger partial charge in [-0.15, -0.1) is 0 Å². The van der Waals surface area contributed by atoms with E-state index in [1.165, 1.54) is 12.0 Å². The molecule has 0 radical (unpaired) electrons. The Morgan fingerprint density at radius 1 is 1.50 bits per heavy atom. The zero-order valence-corrected chi connectivity index (χ0v) is 9.71. The van der Waals surface area contributed by atoms with E-state index in [0.29, 0.717) is 17.7 Å². The lowest BCUT2D eigenvalue weighted by Crippen LogP contribution is -2.16. The lowest BCUT2D eigenvalue weighted by atomic mass is 9.97. The second-order valence-corrected chi connectivity index (χ2v) is 4.81. The first-order chi connectivity index (χ1) is 6.66. The van der Waals surface area contributed by atoms with Crippen molar-refractivity contribution in [2.75, 3.05) is 6.54 Å². The Balaban J connectivity index is 2.20. The van der Waals surface area contributed by atoms with Crippen molar-refractivity contribution >= 4 is 15.9 Å². The summed E-state index contributed by atoms with van der Waals surface area (Å²) in [7, 11) is 0. The maximum Gasteiger partial charge on any atom is 0.129 e. The number of halogens is 1. The number of hydrogen-bond donors (Lipinski definition) is 2. The first-order valence-corrected chi connectivity index (χ1v) is 5.68. The molecule has 2 N–H and O–H groups in total. The van der Waals surface area contributed by atoms with Gasteiger partial charge in [-0.2, -0.15) is 0 Å². The van der Waals surface area contributed by atoms with Crippen LogP contribution in [-0.4, -0.2) is 17.7 Å². The maximum atomic E-state index is 9.38. The fourth-order valence-corrected chi connectivity index (χ4v) is 2.36. The van der Waals surface area contributed by atoms with Crippen LogP contribution in [0.25, 0.3) is 0 Å². The lowest BCUT2D eigenvalue weighted by Gasteiger charge is -2.09. The summed E-state index contributed by atoms with van der Waals surface area (Å²) >= 11 is 3.34. The highest BCUT2D eigenvalue weighted by molar-refractivity contribution is 9.10. The quantitative estimate of drug-likeness (QED) is 0.809. The van der Waals surface area contributed by atoms with Gasteiger partial charge in [0.2, 0.25) is 0 Å². The lowest BCUT2D eigenvalue weighted by molar-refractivity contribution is 0.471. The standard InChI is InChI=1S/C11H14BrNO/c1-7-4-9(6-13-7)8-2-3-11(14)10(12)5-8/h2-3,5,7,9,13-14H,4,6H2,1H3. The molecule has 0 aliphatic carbocycles. The Hall–Kier alpha value is -0.540. The second kappa shape index (κ2) is 3.91. The molecular weight excluding hydrogens is 242 g/mol. The van der Waals surface area contributed by atoms with Crippen LogP contribution in [0.15, 0.2) is 22.7 Å². The third-order valence-electron chi connectivity index (χ3n) is 2.79. The summed E-state index contributed by atoms with van der Waals surface area (Å²) in [5.74, 6) is 0.898. The molecule has 2 atom stereocenters. The Bertz CT molecular complexity index is 340. The molecule has 1 fully saturated rings. The summed E-state index contributed by atoms with van der Waals surface area (Å²) in [5, 5.41) is 12.8. The third kappa shape index (κ3) is 1.93. The van der Waals surface area contributed by atoms with E-state index in [9.17, 15) is 5.11 Å². The van der Waals surface area contributed by atoms with Crippen molar-refractivity contribution in [1.29, 1.82) is 0 Å². The predicted octanol–water partition coefficient (Wildman–Crippen LogP) is 2.62. The fourth-order valence-electron chi connectivity index (χ4n) is 1.97. The molecule has 1 aliphatic rings. The smallest absolute Gasteiger partial charge is 0.129 e. The Morgan fingerprint density at radius 3 is 2.86 bits per heavy atom. The van der Waals surface area contributed by atoms with Crippen LogP contribution in [0.5, 0.6) is 5.75 Å². The van der Waals surface area contributed by atoms with Gasteiger partial charge in [0.15, 0.2) is 0 Å². The Labute approximate surface area is 92.5 Å². The normalized spacial score (nSPS) is 26.7. The zero-order valence-electron chi connectivity index (χ0n) is 8.13. The molecule has 0 spiro atoms. The topological polar surface area (TPSA) is 32.3 Å². The number of phenols is 1. The molecule has 1 aliphatic heterocycles. The molecule has 2 unspecified atom stereocenters. The molecule has 1 heterocycles. The molecule has 0 bridgehead atoms. The summed E-state index contributed by atoms with van der Waals surface area (Å²) in [5.41, 5.74) is 1.30. The van der Waals surface area contributed by atoms with Gasteiger partial charge in [0.25, 0.3) is 0 Å². The van der Waals surface area contributed by atoms with Crippen LogP contribution in [0.3, 0.4) is 0 Å². The van der Waals surface area contributed by atoms with Gasteiger partial charge in [-0.05, 0) is 52.9 Å². The van der Waals surface area contributed by atoms with E-state index in [1.54, 1.807) is 6.07 Å². The molecule has 0 saturated carbocycles. The van der Waals surface area contributed by atoms with Gasteiger partial charge in [-0.25, -0.2) is 0 Å². The second-order valence-electron chi connectivity index (χ2n) is 3.95. The van der Waals surface area contributed by atoms with Gasteiger partial charge in [0.1, 0.15) is 5.75 Å². The summed E-state index contributed by atoms with van der Waals surface area (Å²) in [4.78, 5) is 0. The van der Waals surface area contributed by atoms with E-state index in [0.717, 1.165) is 11.0 Å². The zero-order chi connectivity index (χ0) is 10.1. The highest BCUT2D eigenvalue weighted by Gasteiger charge is 2.22. The van der Waals surface area contributed by atoms with Gasteiger partial charge in [0.05, 0.1) is 4.47 Å². The van der Waals surface area contributed by atoms with Crippen molar-refractivity contribution < 1.29 is 5.11 Å². The summed E-state index contributed by atoms with van der Waals surface area (Å²) in [6.07, 6.45) is 1.18. The average molecular weight is 256 g/mol. The predicted molar refractivity (Wildman–Crippen MR) is 60.6 cm³/mol. The van der Waals surface area contributed by atoms with Crippen molar-refractivity contribution in [3.8, 4) is 5.75 Å². The van der Waals surface area contributed by atoms with Crippen molar-refractivity contribution in [2.45, 2.75) is 25.3 Å². The SMILES string of the molecule is CC1CC(c2ccc(O)c(Br)c2)CN1. The number of phenolic OH excluding ortho intramolecular Hbond substituents is 1. The van der Waals surface area contributed by atoms with Crippen LogP contribution in [0.1, 0.15) is 24.8 Å². The summed E-state index contributed by atoms with van der Waals surface area (Å²) in [6, 6.07) is 6.37. The van der Waals surface area contributed by atoms with E-state index < -0.39 is 0 Å². The van der Waals surface area contributed by atoms with Crippen molar-refractivity contribution in [1.82, 2.24) is 5.32 Å². The highest BCUT2D eigenvalue weighted by atomic mass is 79.9. The number of rotatable bonds is 1. The maximum absolute atomic E-state index is 9.38. The van der Waals surface area contributed by atoms with E-state index in [4.69, 9.17) is 0 Å². The molecule has 1 aromatic rings. The molecule has 1 aromatic carbocycles. The van der Waals surface area contributed by atoms with Crippen LogP contribution in [0, 0.1) is 0 Å². The van der Waals surface area contributed by atoms with Crippen LogP contribution < -0.4 is 5.32 Å². The van der Waals surface area contributed by atoms with E-state index in [-0.39, 0.29) is 0 Å². The van der Waals surface area contributed by atoms with Gasteiger partial charge < -0.3 is 10.4 Å². The van der Waals surface area contributed by atoms with Crippen molar-refractivity contribution in [2.24, 2.45) is 0 Å².